The van der Waals surface area contributed by atoms with Crippen molar-refractivity contribution in [2.75, 3.05) is 13.7 Å². The number of halogens is 1. The van der Waals surface area contributed by atoms with E-state index in [1.54, 1.807) is 24.5 Å². The zero-order chi connectivity index (χ0) is 15.9. The maximum Gasteiger partial charge on any atom is 0.255 e. The standard InChI is InChI=1S/C15H17ClN2O3S/c1-20-13-6-10(2-4-12(13)21-9-15(17)19)7-18-8-11-3-5-14(16)22-11/h2-6,18H,7-9H2,1H3,(H2,17,19). The predicted molar refractivity (Wildman–Crippen MR) is 87.6 cm³/mol. The zero-order valence-electron chi connectivity index (χ0n) is 12.1. The summed E-state index contributed by atoms with van der Waals surface area (Å²) >= 11 is 7.45. The molecular formula is C15H17ClN2O3S. The summed E-state index contributed by atoms with van der Waals surface area (Å²) in [6.07, 6.45) is 0. The fraction of sp³-hybridized carbons (Fsp3) is 0.267. The van der Waals surface area contributed by atoms with Gasteiger partial charge in [0.25, 0.3) is 5.91 Å². The molecule has 0 radical (unpaired) electrons. The molecule has 2 aromatic rings. The van der Waals surface area contributed by atoms with Gasteiger partial charge in [-0.1, -0.05) is 17.7 Å². The van der Waals surface area contributed by atoms with E-state index >= 15 is 0 Å². The Hall–Kier alpha value is -1.76. The molecule has 0 atom stereocenters. The van der Waals surface area contributed by atoms with Gasteiger partial charge in [-0.2, -0.15) is 0 Å². The normalized spacial score (nSPS) is 10.5. The lowest BCUT2D eigenvalue weighted by molar-refractivity contribution is -0.119. The van der Waals surface area contributed by atoms with Gasteiger partial charge in [0.1, 0.15) is 0 Å². The van der Waals surface area contributed by atoms with Gasteiger partial charge in [-0.15, -0.1) is 11.3 Å². The van der Waals surface area contributed by atoms with Crippen molar-refractivity contribution >= 4 is 28.8 Å². The average Bonchev–Trinajstić information content (AvgIpc) is 2.91. The third-order valence-electron chi connectivity index (χ3n) is 2.86. The summed E-state index contributed by atoms with van der Waals surface area (Å²) < 4.78 is 11.3. The average molecular weight is 341 g/mol. The topological polar surface area (TPSA) is 73.6 Å². The molecule has 2 rings (SSSR count). The van der Waals surface area contributed by atoms with Crippen molar-refractivity contribution in [3.05, 3.63) is 45.1 Å². The van der Waals surface area contributed by atoms with Crippen molar-refractivity contribution in [2.45, 2.75) is 13.1 Å². The first kappa shape index (κ1) is 16.6. The fourth-order valence-corrected chi connectivity index (χ4v) is 2.92. The summed E-state index contributed by atoms with van der Waals surface area (Å²) in [4.78, 5) is 11.9. The number of benzene rings is 1. The Morgan fingerprint density at radius 1 is 1.27 bits per heavy atom. The molecule has 0 aliphatic heterocycles. The van der Waals surface area contributed by atoms with E-state index < -0.39 is 5.91 Å². The second-order valence-corrected chi connectivity index (χ2v) is 6.35. The van der Waals surface area contributed by atoms with Gasteiger partial charge in [-0.05, 0) is 29.8 Å². The van der Waals surface area contributed by atoms with Gasteiger partial charge in [0.2, 0.25) is 0 Å². The van der Waals surface area contributed by atoms with Crippen molar-refractivity contribution in [3.8, 4) is 11.5 Å². The molecule has 0 aliphatic rings. The number of primary amides is 1. The molecule has 7 heteroatoms. The first-order chi connectivity index (χ1) is 10.6. The molecular weight excluding hydrogens is 324 g/mol. The van der Waals surface area contributed by atoms with Crippen molar-refractivity contribution < 1.29 is 14.3 Å². The predicted octanol–water partition coefficient (Wildman–Crippen LogP) is 2.56. The van der Waals surface area contributed by atoms with Gasteiger partial charge in [-0.25, -0.2) is 0 Å². The van der Waals surface area contributed by atoms with Crippen molar-refractivity contribution in [2.24, 2.45) is 5.73 Å². The highest BCUT2D eigenvalue weighted by atomic mass is 35.5. The molecule has 118 valence electrons. The van der Waals surface area contributed by atoms with Crippen LogP contribution in [-0.4, -0.2) is 19.6 Å². The van der Waals surface area contributed by atoms with Crippen molar-refractivity contribution in [3.63, 3.8) is 0 Å². The molecule has 1 aromatic carbocycles. The lowest BCUT2D eigenvalue weighted by Gasteiger charge is -2.11. The summed E-state index contributed by atoms with van der Waals surface area (Å²) in [5.41, 5.74) is 6.11. The second-order valence-electron chi connectivity index (χ2n) is 4.55. The third kappa shape index (κ3) is 4.91. The Labute approximate surface area is 138 Å². The van der Waals surface area contributed by atoms with E-state index in [0.29, 0.717) is 18.0 Å². The van der Waals surface area contributed by atoms with E-state index in [1.807, 2.05) is 24.3 Å². The van der Waals surface area contributed by atoms with E-state index in [2.05, 4.69) is 5.32 Å². The fourth-order valence-electron chi connectivity index (χ4n) is 1.87. The lowest BCUT2D eigenvalue weighted by atomic mass is 10.2. The van der Waals surface area contributed by atoms with Crippen LogP contribution in [-0.2, 0) is 17.9 Å². The number of nitrogens with one attached hydrogen (secondary N) is 1. The second kappa shape index (κ2) is 8.03. The Kier molecular flexibility index (Phi) is 6.06. The molecule has 0 fully saturated rings. The minimum absolute atomic E-state index is 0.174. The van der Waals surface area contributed by atoms with E-state index in [9.17, 15) is 4.79 Å². The molecule has 1 aromatic heterocycles. The molecule has 5 nitrogen and oxygen atoms in total. The monoisotopic (exact) mass is 340 g/mol. The molecule has 22 heavy (non-hydrogen) atoms. The van der Waals surface area contributed by atoms with Crippen molar-refractivity contribution in [1.82, 2.24) is 5.32 Å². The summed E-state index contributed by atoms with van der Waals surface area (Å²) in [6, 6.07) is 9.43. The number of ether oxygens (including phenoxy) is 2. The number of hydrogen-bond donors (Lipinski definition) is 2. The SMILES string of the molecule is COc1cc(CNCc2ccc(Cl)s2)ccc1OCC(N)=O. The van der Waals surface area contributed by atoms with Gasteiger partial charge < -0.3 is 20.5 Å². The number of thiophene rings is 1. The van der Waals surface area contributed by atoms with Crippen LogP contribution in [0.3, 0.4) is 0 Å². The van der Waals surface area contributed by atoms with Gasteiger partial charge in [0, 0.05) is 18.0 Å². The van der Waals surface area contributed by atoms with E-state index in [0.717, 1.165) is 16.4 Å². The zero-order valence-corrected chi connectivity index (χ0v) is 13.7. The molecule has 0 saturated carbocycles. The van der Waals surface area contributed by atoms with Crippen LogP contribution < -0.4 is 20.5 Å². The van der Waals surface area contributed by atoms with Crippen LogP contribution in [0.2, 0.25) is 4.34 Å². The number of carbonyl (C=O) groups excluding carboxylic acids is 1. The Morgan fingerprint density at radius 3 is 2.73 bits per heavy atom. The Bertz CT molecular complexity index is 645. The molecule has 0 bridgehead atoms. The number of nitrogens with two attached hydrogens (primary N) is 1. The summed E-state index contributed by atoms with van der Waals surface area (Å²) in [6.45, 7) is 1.26. The third-order valence-corrected chi connectivity index (χ3v) is 4.09. The molecule has 0 spiro atoms. The van der Waals surface area contributed by atoms with Crippen LogP contribution in [0.15, 0.2) is 30.3 Å². The van der Waals surface area contributed by atoms with Crippen LogP contribution in [0.1, 0.15) is 10.4 Å². The maximum absolute atomic E-state index is 10.8. The van der Waals surface area contributed by atoms with E-state index in [1.165, 1.54) is 4.88 Å². The largest absolute Gasteiger partial charge is 0.493 e. The van der Waals surface area contributed by atoms with Gasteiger partial charge >= 0.3 is 0 Å². The lowest BCUT2D eigenvalue weighted by Crippen LogP contribution is -2.20. The molecule has 0 unspecified atom stereocenters. The summed E-state index contributed by atoms with van der Waals surface area (Å²) in [7, 11) is 1.55. The van der Waals surface area contributed by atoms with Gasteiger partial charge in [0.05, 0.1) is 11.4 Å². The minimum atomic E-state index is -0.526. The number of carbonyl (C=O) groups is 1. The minimum Gasteiger partial charge on any atom is -0.493 e. The number of methoxy groups -OCH3 is 1. The summed E-state index contributed by atoms with van der Waals surface area (Å²) in [5.74, 6) is 0.539. The highest BCUT2D eigenvalue weighted by molar-refractivity contribution is 7.16. The maximum atomic E-state index is 10.8. The van der Waals surface area contributed by atoms with Crippen LogP contribution in [0.5, 0.6) is 11.5 Å². The van der Waals surface area contributed by atoms with E-state index in [4.69, 9.17) is 26.8 Å². The number of rotatable bonds is 8. The van der Waals surface area contributed by atoms with Crippen LogP contribution in [0.25, 0.3) is 0 Å². The highest BCUT2D eigenvalue weighted by Gasteiger charge is 2.07. The Morgan fingerprint density at radius 2 is 2.09 bits per heavy atom. The van der Waals surface area contributed by atoms with Crippen LogP contribution in [0.4, 0.5) is 0 Å². The van der Waals surface area contributed by atoms with Gasteiger partial charge in [-0.3, -0.25) is 4.79 Å². The molecule has 1 heterocycles. The summed E-state index contributed by atoms with van der Waals surface area (Å²) in [5, 5.41) is 3.33. The van der Waals surface area contributed by atoms with Crippen LogP contribution in [0, 0.1) is 0 Å². The smallest absolute Gasteiger partial charge is 0.255 e. The molecule has 0 aliphatic carbocycles. The van der Waals surface area contributed by atoms with Gasteiger partial charge in [0.15, 0.2) is 18.1 Å². The Balaban J connectivity index is 1.92. The first-order valence-electron chi connectivity index (χ1n) is 6.61. The first-order valence-corrected chi connectivity index (χ1v) is 7.81. The molecule has 1 amide bonds. The number of amides is 1. The number of hydrogen-bond acceptors (Lipinski definition) is 5. The molecule has 3 N–H and O–H groups in total. The van der Waals surface area contributed by atoms with Crippen LogP contribution >= 0.6 is 22.9 Å². The quantitative estimate of drug-likeness (QED) is 0.774. The van der Waals surface area contributed by atoms with Crippen molar-refractivity contribution in [1.29, 1.82) is 0 Å². The molecule has 0 saturated heterocycles. The van der Waals surface area contributed by atoms with E-state index in [-0.39, 0.29) is 6.61 Å². The highest BCUT2D eigenvalue weighted by Crippen LogP contribution is 2.28.